The number of aliphatic imine (C=N–C) groups is 1. The number of furan rings is 1. The number of amides is 1. The zero-order valence-corrected chi connectivity index (χ0v) is 17.3. The second kappa shape index (κ2) is 10.1. The minimum Gasteiger partial charge on any atom is -0.469 e. The summed E-state index contributed by atoms with van der Waals surface area (Å²) in [4.78, 5) is 19.6. The van der Waals surface area contributed by atoms with Crippen molar-refractivity contribution in [1.82, 2.24) is 15.5 Å². The minimum absolute atomic E-state index is 0.259. The molecule has 0 aromatic carbocycles. The highest BCUT2D eigenvalue weighted by molar-refractivity contribution is 5.81. The van der Waals surface area contributed by atoms with Crippen molar-refractivity contribution in [1.29, 1.82) is 0 Å². The Morgan fingerprint density at radius 2 is 2.14 bits per heavy atom. The summed E-state index contributed by atoms with van der Waals surface area (Å²) < 4.78 is 10.9. The lowest BCUT2D eigenvalue weighted by Gasteiger charge is -2.22. The normalized spacial score (nSPS) is 25.7. The Kier molecular flexibility index (Phi) is 7.09. The third-order valence-electron chi connectivity index (χ3n) is 6.32. The molecule has 7 heteroatoms. The van der Waals surface area contributed by atoms with Gasteiger partial charge in [-0.05, 0) is 37.8 Å². The van der Waals surface area contributed by atoms with Crippen molar-refractivity contribution in [2.24, 2.45) is 16.8 Å². The lowest BCUT2D eigenvalue weighted by Crippen LogP contribution is -2.46. The second-order valence-electron chi connectivity index (χ2n) is 8.57. The molecule has 2 unspecified atom stereocenters. The number of hydrogen-bond acceptors (Lipinski definition) is 4. The average Bonchev–Trinajstić information content (AvgIpc) is 3.54. The van der Waals surface area contributed by atoms with Crippen LogP contribution in [-0.2, 0) is 16.0 Å². The van der Waals surface area contributed by atoms with E-state index < -0.39 is 0 Å². The fourth-order valence-corrected chi connectivity index (χ4v) is 4.56. The lowest BCUT2D eigenvalue weighted by molar-refractivity contribution is -0.134. The molecule has 4 rings (SSSR count). The molecule has 1 amide bonds. The maximum absolute atomic E-state index is 12.7. The van der Waals surface area contributed by atoms with E-state index in [1.54, 1.807) is 6.26 Å². The van der Waals surface area contributed by atoms with Crippen molar-refractivity contribution in [3.63, 3.8) is 0 Å². The summed E-state index contributed by atoms with van der Waals surface area (Å²) in [5.41, 5.74) is 0. The summed E-state index contributed by atoms with van der Waals surface area (Å²) in [7, 11) is 0. The zero-order valence-electron chi connectivity index (χ0n) is 17.3. The van der Waals surface area contributed by atoms with Crippen LogP contribution in [0.25, 0.3) is 0 Å². The van der Waals surface area contributed by atoms with E-state index >= 15 is 0 Å². The summed E-state index contributed by atoms with van der Waals surface area (Å²) in [5.74, 6) is 2.93. The predicted molar refractivity (Wildman–Crippen MR) is 112 cm³/mol. The maximum atomic E-state index is 12.7. The van der Waals surface area contributed by atoms with E-state index in [2.05, 4.69) is 15.5 Å². The molecular weight excluding hydrogens is 368 g/mol. The minimum atomic E-state index is 0.259. The van der Waals surface area contributed by atoms with E-state index in [9.17, 15) is 4.79 Å². The molecule has 1 aliphatic carbocycles. The van der Waals surface area contributed by atoms with E-state index in [1.165, 1.54) is 12.8 Å². The highest BCUT2D eigenvalue weighted by Gasteiger charge is 2.32. The van der Waals surface area contributed by atoms with Crippen LogP contribution >= 0.6 is 0 Å². The summed E-state index contributed by atoms with van der Waals surface area (Å²) in [6, 6.07) is 4.16. The van der Waals surface area contributed by atoms with Gasteiger partial charge in [-0.3, -0.25) is 9.79 Å². The highest BCUT2D eigenvalue weighted by atomic mass is 16.5. The molecular formula is C22H34N4O3. The quantitative estimate of drug-likeness (QED) is 0.540. The first kappa shape index (κ1) is 20.3. The fraction of sp³-hybridized carbons (Fsp3) is 0.727. The largest absolute Gasteiger partial charge is 0.469 e. The average molecular weight is 403 g/mol. The monoisotopic (exact) mass is 402 g/mol. The van der Waals surface area contributed by atoms with Crippen LogP contribution in [-0.4, -0.2) is 62.2 Å². The molecule has 2 atom stereocenters. The summed E-state index contributed by atoms with van der Waals surface area (Å²) in [6.45, 7) is 4.81. The van der Waals surface area contributed by atoms with E-state index in [4.69, 9.17) is 14.1 Å². The molecule has 3 heterocycles. The molecule has 3 aliphatic rings. The van der Waals surface area contributed by atoms with E-state index in [-0.39, 0.29) is 12.0 Å². The molecule has 0 bridgehead atoms. The topological polar surface area (TPSA) is 79.1 Å². The molecule has 1 aromatic heterocycles. The number of nitrogens with one attached hydrogen (secondary N) is 2. The molecule has 2 aliphatic heterocycles. The van der Waals surface area contributed by atoms with Crippen LogP contribution in [0.5, 0.6) is 0 Å². The first-order valence-corrected chi connectivity index (χ1v) is 11.2. The van der Waals surface area contributed by atoms with Crippen molar-refractivity contribution in [2.75, 3.05) is 39.4 Å². The molecule has 2 saturated heterocycles. The molecule has 160 valence electrons. The van der Waals surface area contributed by atoms with Crippen LogP contribution in [0.15, 0.2) is 27.8 Å². The van der Waals surface area contributed by atoms with Crippen LogP contribution in [0.3, 0.4) is 0 Å². The van der Waals surface area contributed by atoms with Crippen LogP contribution in [0.1, 0.15) is 44.3 Å². The van der Waals surface area contributed by atoms with Gasteiger partial charge in [0.25, 0.3) is 0 Å². The molecule has 2 N–H and O–H groups in total. The van der Waals surface area contributed by atoms with Gasteiger partial charge in [0, 0.05) is 57.1 Å². The summed E-state index contributed by atoms with van der Waals surface area (Å²) in [5, 5.41) is 7.01. The molecule has 0 spiro atoms. The smallest absolute Gasteiger partial charge is 0.225 e. The Labute approximate surface area is 173 Å². The van der Waals surface area contributed by atoms with Crippen molar-refractivity contribution < 1.29 is 13.9 Å². The number of carbonyl (C=O) groups excluding carboxylic acids is 1. The number of guanidine groups is 1. The Morgan fingerprint density at radius 3 is 2.90 bits per heavy atom. The van der Waals surface area contributed by atoms with E-state index in [1.807, 2.05) is 12.1 Å². The van der Waals surface area contributed by atoms with Crippen molar-refractivity contribution >= 4 is 11.9 Å². The number of ether oxygens (including phenoxy) is 1. The second-order valence-corrected chi connectivity index (χ2v) is 8.57. The molecule has 1 aromatic rings. The van der Waals surface area contributed by atoms with Gasteiger partial charge < -0.3 is 24.7 Å². The van der Waals surface area contributed by atoms with Gasteiger partial charge in [0.2, 0.25) is 5.91 Å². The van der Waals surface area contributed by atoms with Gasteiger partial charge >= 0.3 is 0 Å². The van der Waals surface area contributed by atoms with Crippen LogP contribution in [0.4, 0.5) is 0 Å². The fourth-order valence-electron chi connectivity index (χ4n) is 4.56. The van der Waals surface area contributed by atoms with E-state index in [0.29, 0.717) is 11.8 Å². The maximum Gasteiger partial charge on any atom is 0.225 e. The summed E-state index contributed by atoms with van der Waals surface area (Å²) >= 11 is 0. The third-order valence-corrected chi connectivity index (χ3v) is 6.32. The van der Waals surface area contributed by atoms with Crippen LogP contribution < -0.4 is 10.6 Å². The lowest BCUT2D eigenvalue weighted by atomic mass is 10.1. The Hall–Kier alpha value is -2.02. The molecule has 7 nitrogen and oxygen atoms in total. The molecule has 0 radical (unpaired) electrons. The summed E-state index contributed by atoms with van der Waals surface area (Å²) in [6.07, 6.45) is 9.12. The standard InChI is InChI=1S/C22H34N4O3/c27-21(18-4-1-2-5-18)26-11-8-19(15-26)25-22(24-14-17-9-13-28-16-17)23-10-7-20-6-3-12-29-20/h3,6,12,17-19H,1-2,4-5,7-11,13-16H2,(H2,23,24,25). The van der Waals surface area contributed by atoms with Gasteiger partial charge in [-0.15, -0.1) is 0 Å². The van der Waals surface area contributed by atoms with Gasteiger partial charge in [-0.1, -0.05) is 12.8 Å². The number of carbonyl (C=O) groups is 1. The Balaban J connectivity index is 1.29. The van der Waals surface area contributed by atoms with Gasteiger partial charge in [0.05, 0.1) is 12.9 Å². The first-order chi connectivity index (χ1) is 14.3. The van der Waals surface area contributed by atoms with Crippen molar-refractivity contribution in [2.45, 2.75) is 51.0 Å². The number of likely N-dealkylation sites (tertiary alicyclic amines) is 1. The van der Waals surface area contributed by atoms with Crippen LogP contribution in [0.2, 0.25) is 0 Å². The van der Waals surface area contributed by atoms with Gasteiger partial charge in [-0.2, -0.15) is 0 Å². The number of hydrogen-bond donors (Lipinski definition) is 2. The predicted octanol–water partition coefficient (Wildman–Crippen LogP) is 2.18. The highest BCUT2D eigenvalue weighted by Crippen LogP contribution is 2.27. The molecule has 29 heavy (non-hydrogen) atoms. The number of rotatable bonds is 7. The Bertz CT molecular complexity index is 664. The van der Waals surface area contributed by atoms with E-state index in [0.717, 1.165) is 83.2 Å². The van der Waals surface area contributed by atoms with Gasteiger partial charge in [0.1, 0.15) is 5.76 Å². The zero-order chi connectivity index (χ0) is 19.9. The van der Waals surface area contributed by atoms with Gasteiger partial charge in [-0.25, -0.2) is 0 Å². The Morgan fingerprint density at radius 1 is 1.24 bits per heavy atom. The molecule has 1 saturated carbocycles. The van der Waals surface area contributed by atoms with Gasteiger partial charge in [0.15, 0.2) is 5.96 Å². The van der Waals surface area contributed by atoms with Crippen LogP contribution in [0, 0.1) is 11.8 Å². The van der Waals surface area contributed by atoms with Crippen molar-refractivity contribution in [3.8, 4) is 0 Å². The number of nitrogens with zero attached hydrogens (tertiary/aromatic N) is 2. The third kappa shape index (κ3) is 5.75. The first-order valence-electron chi connectivity index (χ1n) is 11.2. The molecule has 3 fully saturated rings. The SMILES string of the molecule is O=C(C1CCCC1)N1CCC(NC(=NCC2CCOC2)NCCc2ccco2)C1. The van der Waals surface area contributed by atoms with Crippen molar-refractivity contribution in [3.05, 3.63) is 24.2 Å².